The molecule has 0 spiro atoms. The summed E-state index contributed by atoms with van der Waals surface area (Å²) in [5.41, 5.74) is 2.12. The van der Waals surface area contributed by atoms with Crippen LogP contribution in [-0.2, 0) is 0 Å². The highest BCUT2D eigenvalue weighted by molar-refractivity contribution is 5.70. The van der Waals surface area contributed by atoms with Crippen molar-refractivity contribution in [2.24, 2.45) is 0 Å². The van der Waals surface area contributed by atoms with Crippen molar-refractivity contribution in [3.63, 3.8) is 0 Å². The Bertz CT molecular complexity index is 711. The van der Waals surface area contributed by atoms with Crippen molar-refractivity contribution < 1.29 is 4.74 Å². The van der Waals surface area contributed by atoms with Crippen molar-refractivity contribution in [1.82, 2.24) is 4.98 Å². The molecule has 1 N–H and O–H groups in total. The summed E-state index contributed by atoms with van der Waals surface area (Å²) in [5, 5.41) is 8.88. The summed E-state index contributed by atoms with van der Waals surface area (Å²) in [6.45, 7) is 4.52. The van der Waals surface area contributed by atoms with Gasteiger partial charge in [0.15, 0.2) is 0 Å². The van der Waals surface area contributed by atoms with Crippen LogP contribution in [0.4, 0.5) is 0 Å². The van der Waals surface area contributed by atoms with Gasteiger partial charge in [-0.15, -0.1) is 0 Å². The molecule has 1 aromatic heterocycles. The minimum atomic E-state index is -0.376. The zero-order valence-electron chi connectivity index (χ0n) is 11.6. The number of benzene rings is 1. The Morgan fingerprint density at radius 2 is 2.10 bits per heavy atom. The summed E-state index contributed by atoms with van der Waals surface area (Å²) >= 11 is 0. The Balaban J connectivity index is 2.55. The summed E-state index contributed by atoms with van der Waals surface area (Å²) < 4.78 is 5.71. The first-order valence-corrected chi connectivity index (χ1v) is 6.53. The molecule has 1 heterocycles. The lowest BCUT2D eigenvalue weighted by Gasteiger charge is -2.12. The third-order valence-corrected chi connectivity index (χ3v) is 2.98. The van der Waals surface area contributed by atoms with Gasteiger partial charge >= 0.3 is 0 Å². The van der Waals surface area contributed by atoms with Gasteiger partial charge in [-0.25, -0.2) is 0 Å². The van der Waals surface area contributed by atoms with Gasteiger partial charge in [0.25, 0.3) is 5.56 Å². The summed E-state index contributed by atoms with van der Waals surface area (Å²) in [7, 11) is 0. The minimum Gasteiger partial charge on any atom is -0.493 e. The van der Waals surface area contributed by atoms with Crippen LogP contribution in [0.1, 0.15) is 24.5 Å². The Hall–Kier alpha value is -2.54. The molecule has 0 aliphatic carbocycles. The van der Waals surface area contributed by atoms with E-state index in [0.717, 1.165) is 23.3 Å². The van der Waals surface area contributed by atoms with E-state index < -0.39 is 0 Å². The van der Waals surface area contributed by atoms with Gasteiger partial charge in [-0.1, -0.05) is 19.1 Å². The molecule has 0 aliphatic rings. The van der Waals surface area contributed by atoms with Crippen molar-refractivity contribution in [1.29, 1.82) is 5.26 Å². The van der Waals surface area contributed by atoms with Crippen molar-refractivity contribution in [2.75, 3.05) is 6.61 Å². The largest absolute Gasteiger partial charge is 0.493 e. The summed E-state index contributed by atoms with van der Waals surface area (Å²) in [6.07, 6.45) is 0.914. The van der Waals surface area contributed by atoms with Crippen LogP contribution in [0.3, 0.4) is 0 Å². The number of aromatic amines is 1. The number of aromatic nitrogens is 1. The van der Waals surface area contributed by atoms with Crippen LogP contribution in [0.25, 0.3) is 11.3 Å². The Morgan fingerprint density at radius 3 is 2.80 bits per heavy atom. The van der Waals surface area contributed by atoms with E-state index >= 15 is 0 Å². The molecule has 0 radical (unpaired) electrons. The van der Waals surface area contributed by atoms with Gasteiger partial charge in [0, 0.05) is 5.56 Å². The van der Waals surface area contributed by atoms with Gasteiger partial charge in [0.2, 0.25) is 0 Å². The molecule has 0 atom stereocenters. The van der Waals surface area contributed by atoms with Crippen LogP contribution >= 0.6 is 0 Å². The van der Waals surface area contributed by atoms with E-state index in [1.54, 1.807) is 6.07 Å². The lowest BCUT2D eigenvalue weighted by molar-refractivity contribution is 0.318. The zero-order chi connectivity index (χ0) is 14.5. The fourth-order valence-electron chi connectivity index (χ4n) is 2.01. The molecule has 0 saturated carbocycles. The van der Waals surface area contributed by atoms with Gasteiger partial charge in [-0.05, 0) is 37.1 Å². The van der Waals surface area contributed by atoms with E-state index in [1.807, 2.05) is 44.2 Å². The average molecular weight is 268 g/mol. The number of rotatable bonds is 4. The van der Waals surface area contributed by atoms with Crippen LogP contribution < -0.4 is 10.3 Å². The normalized spacial score (nSPS) is 10.1. The van der Waals surface area contributed by atoms with Gasteiger partial charge < -0.3 is 9.72 Å². The summed E-state index contributed by atoms with van der Waals surface area (Å²) in [6, 6.07) is 11.1. The minimum absolute atomic E-state index is 0.123. The van der Waals surface area contributed by atoms with Gasteiger partial charge in [0.05, 0.1) is 12.3 Å². The molecule has 2 aromatic rings. The molecular formula is C16H16N2O2. The van der Waals surface area contributed by atoms with Gasteiger partial charge in [-0.2, -0.15) is 5.26 Å². The highest BCUT2D eigenvalue weighted by Crippen LogP contribution is 2.30. The number of H-pyrrole nitrogens is 1. The predicted molar refractivity (Wildman–Crippen MR) is 77.7 cm³/mol. The molecule has 4 heteroatoms. The highest BCUT2D eigenvalue weighted by atomic mass is 16.5. The quantitative estimate of drug-likeness (QED) is 0.926. The number of ether oxygens (including phenoxy) is 1. The number of nitriles is 1. The number of hydrogen-bond acceptors (Lipinski definition) is 3. The molecular weight excluding hydrogens is 252 g/mol. The maximum Gasteiger partial charge on any atom is 0.266 e. The molecule has 0 aliphatic heterocycles. The summed E-state index contributed by atoms with van der Waals surface area (Å²) in [5.74, 6) is 0.734. The Morgan fingerprint density at radius 1 is 1.35 bits per heavy atom. The van der Waals surface area contributed by atoms with E-state index in [4.69, 9.17) is 10.00 Å². The molecule has 4 nitrogen and oxygen atoms in total. The van der Waals surface area contributed by atoms with E-state index in [2.05, 4.69) is 4.98 Å². The maximum atomic E-state index is 11.8. The monoisotopic (exact) mass is 268 g/mol. The molecule has 20 heavy (non-hydrogen) atoms. The molecule has 0 unspecified atom stereocenters. The molecule has 0 saturated heterocycles. The second kappa shape index (κ2) is 6.07. The summed E-state index contributed by atoms with van der Waals surface area (Å²) in [4.78, 5) is 14.6. The number of aryl methyl sites for hydroxylation is 1. The van der Waals surface area contributed by atoms with Crippen LogP contribution in [0.15, 0.2) is 35.1 Å². The fourth-order valence-corrected chi connectivity index (χ4v) is 2.01. The topological polar surface area (TPSA) is 65.9 Å². The molecule has 102 valence electrons. The molecule has 0 bridgehead atoms. The van der Waals surface area contributed by atoms with Crippen molar-refractivity contribution >= 4 is 0 Å². The third kappa shape index (κ3) is 2.72. The number of para-hydroxylation sites is 1. The maximum absolute atomic E-state index is 11.8. The van der Waals surface area contributed by atoms with Gasteiger partial charge in [-0.3, -0.25) is 4.79 Å². The molecule has 2 rings (SSSR count). The van der Waals surface area contributed by atoms with E-state index in [-0.39, 0.29) is 11.1 Å². The van der Waals surface area contributed by atoms with E-state index in [1.165, 1.54) is 0 Å². The van der Waals surface area contributed by atoms with Crippen molar-refractivity contribution in [3.8, 4) is 23.1 Å². The second-order valence-electron chi connectivity index (χ2n) is 4.53. The molecule has 0 amide bonds. The lowest BCUT2D eigenvalue weighted by atomic mass is 10.0. The number of hydrogen-bond donors (Lipinski definition) is 1. The average Bonchev–Trinajstić information content (AvgIpc) is 2.47. The van der Waals surface area contributed by atoms with Crippen LogP contribution in [-0.4, -0.2) is 11.6 Å². The van der Waals surface area contributed by atoms with Crippen LogP contribution in [0, 0.1) is 18.3 Å². The number of nitrogens with zero attached hydrogens (tertiary/aromatic N) is 1. The van der Waals surface area contributed by atoms with E-state index in [9.17, 15) is 4.79 Å². The first kappa shape index (κ1) is 13.9. The SMILES string of the molecule is CCCOc1ccccc1-c1[nH]c(=O)c(C#N)cc1C. The third-order valence-electron chi connectivity index (χ3n) is 2.98. The Kier molecular flexibility index (Phi) is 4.21. The zero-order valence-corrected chi connectivity index (χ0v) is 11.6. The lowest BCUT2D eigenvalue weighted by Crippen LogP contribution is -2.12. The van der Waals surface area contributed by atoms with Gasteiger partial charge in [0.1, 0.15) is 17.4 Å². The highest BCUT2D eigenvalue weighted by Gasteiger charge is 2.11. The van der Waals surface area contributed by atoms with Crippen LogP contribution in [0.5, 0.6) is 5.75 Å². The first-order chi connectivity index (χ1) is 9.67. The Labute approximate surface area is 117 Å². The van der Waals surface area contributed by atoms with Crippen molar-refractivity contribution in [3.05, 3.63) is 51.8 Å². The fraction of sp³-hybridized carbons (Fsp3) is 0.250. The second-order valence-corrected chi connectivity index (χ2v) is 4.53. The molecule has 1 aromatic carbocycles. The van der Waals surface area contributed by atoms with Crippen LogP contribution in [0.2, 0.25) is 0 Å². The standard InChI is InChI=1S/C16H16N2O2/c1-3-8-20-14-7-5-4-6-13(14)15-11(2)9-12(10-17)16(19)18-15/h4-7,9H,3,8H2,1-2H3,(H,18,19). The predicted octanol–water partition coefficient (Wildman–Crippen LogP) is 3.01. The van der Waals surface area contributed by atoms with E-state index in [0.29, 0.717) is 12.3 Å². The number of nitrogens with one attached hydrogen (secondary N) is 1. The molecule has 0 fully saturated rings. The smallest absolute Gasteiger partial charge is 0.266 e. The van der Waals surface area contributed by atoms with Crippen molar-refractivity contribution in [2.45, 2.75) is 20.3 Å². The number of pyridine rings is 1. The first-order valence-electron chi connectivity index (χ1n) is 6.53.